The van der Waals surface area contributed by atoms with Crippen molar-refractivity contribution < 1.29 is 14.3 Å². The Labute approximate surface area is 140 Å². The first-order valence-corrected chi connectivity index (χ1v) is 8.20. The fraction of sp³-hybridized carbons (Fsp3) is 0.429. The average molecular weight is 420 g/mol. The Hall–Kier alpha value is -1.08. The van der Waals surface area contributed by atoms with E-state index >= 15 is 0 Å². The fourth-order valence-corrected chi connectivity index (χ4v) is 3.61. The van der Waals surface area contributed by atoms with E-state index in [0.717, 1.165) is 8.95 Å². The minimum atomic E-state index is -0.485. The molecule has 1 atom stereocenters. The van der Waals surface area contributed by atoms with Crippen LogP contribution in [0.1, 0.15) is 19.8 Å². The van der Waals surface area contributed by atoms with E-state index in [1.807, 2.05) is 13.0 Å². The van der Waals surface area contributed by atoms with E-state index < -0.39 is 6.04 Å². The molecule has 2 amide bonds. The third kappa shape index (κ3) is 3.40. The lowest BCUT2D eigenvalue weighted by Gasteiger charge is -2.25. The highest BCUT2D eigenvalue weighted by Gasteiger charge is 2.30. The third-order valence-electron chi connectivity index (χ3n) is 3.38. The van der Waals surface area contributed by atoms with Gasteiger partial charge in [0.15, 0.2) is 0 Å². The van der Waals surface area contributed by atoms with Gasteiger partial charge in [0.1, 0.15) is 11.8 Å². The summed E-state index contributed by atoms with van der Waals surface area (Å²) in [6.07, 6.45) is 0.847. The van der Waals surface area contributed by atoms with Gasteiger partial charge in [-0.1, -0.05) is 6.92 Å². The second-order valence-electron chi connectivity index (χ2n) is 4.71. The van der Waals surface area contributed by atoms with Crippen LogP contribution < -0.4 is 15.0 Å². The van der Waals surface area contributed by atoms with Crippen molar-refractivity contribution in [2.75, 3.05) is 18.6 Å². The lowest BCUT2D eigenvalue weighted by atomic mass is 10.2. The summed E-state index contributed by atoms with van der Waals surface area (Å²) in [6, 6.07) is 3.14. The molecule has 7 heteroatoms. The van der Waals surface area contributed by atoms with Crippen molar-refractivity contribution in [1.82, 2.24) is 5.32 Å². The van der Waals surface area contributed by atoms with Gasteiger partial charge in [-0.15, -0.1) is 0 Å². The van der Waals surface area contributed by atoms with Crippen LogP contribution in [0, 0.1) is 0 Å². The van der Waals surface area contributed by atoms with Gasteiger partial charge < -0.3 is 15.0 Å². The van der Waals surface area contributed by atoms with Gasteiger partial charge in [0.2, 0.25) is 11.8 Å². The first kappa shape index (κ1) is 16.3. The number of carbonyl (C=O) groups excluding carboxylic acids is 2. The van der Waals surface area contributed by atoms with Crippen molar-refractivity contribution in [3.63, 3.8) is 0 Å². The number of hydrogen-bond donors (Lipinski definition) is 1. The summed E-state index contributed by atoms with van der Waals surface area (Å²) in [6.45, 7) is 2.23. The van der Waals surface area contributed by atoms with Crippen molar-refractivity contribution in [2.45, 2.75) is 25.8 Å². The lowest BCUT2D eigenvalue weighted by Crippen LogP contribution is -2.44. The Morgan fingerprint density at radius 2 is 2.05 bits per heavy atom. The maximum absolute atomic E-state index is 12.6. The maximum Gasteiger partial charge on any atom is 0.249 e. The van der Waals surface area contributed by atoms with Gasteiger partial charge in [0.05, 0.1) is 17.3 Å². The Morgan fingerprint density at radius 1 is 1.33 bits per heavy atom. The Bertz CT molecular complexity index is 578. The van der Waals surface area contributed by atoms with Crippen molar-refractivity contribution >= 4 is 49.4 Å². The molecule has 0 aliphatic carbocycles. The summed E-state index contributed by atoms with van der Waals surface area (Å²) < 4.78 is 6.85. The van der Waals surface area contributed by atoms with E-state index in [1.165, 1.54) is 0 Å². The van der Waals surface area contributed by atoms with E-state index in [0.29, 0.717) is 24.4 Å². The van der Waals surface area contributed by atoms with Crippen molar-refractivity contribution in [3.05, 3.63) is 21.1 Å². The number of nitrogens with zero attached hydrogens (tertiary/aromatic N) is 1. The number of benzene rings is 1. The van der Waals surface area contributed by atoms with Crippen LogP contribution in [-0.2, 0) is 9.59 Å². The molecule has 0 radical (unpaired) electrons. The molecule has 1 heterocycles. The minimum Gasteiger partial charge on any atom is -0.495 e. The molecule has 1 saturated heterocycles. The van der Waals surface area contributed by atoms with E-state index in [-0.39, 0.29) is 18.2 Å². The van der Waals surface area contributed by atoms with Crippen LogP contribution in [0.4, 0.5) is 5.69 Å². The molecule has 0 saturated carbocycles. The number of methoxy groups -OCH3 is 1. The van der Waals surface area contributed by atoms with Crippen molar-refractivity contribution in [3.8, 4) is 5.75 Å². The highest BCUT2D eigenvalue weighted by molar-refractivity contribution is 9.11. The molecule has 0 bridgehead atoms. The van der Waals surface area contributed by atoms with Crippen LogP contribution >= 0.6 is 31.9 Å². The quantitative estimate of drug-likeness (QED) is 0.819. The van der Waals surface area contributed by atoms with Crippen molar-refractivity contribution in [2.24, 2.45) is 0 Å². The second-order valence-corrected chi connectivity index (χ2v) is 6.42. The van der Waals surface area contributed by atoms with Gasteiger partial charge in [0, 0.05) is 23.5 Å². The zero-order chi connectivity index (χ0) is 15.6. The number of ether oxygens (including phenoxy) is 1. The van der Waals surface area contributed by atoms with Gasteiger partial charge in [0.25, 0.3) is 0 Å². The summed E-state index contributed by atoms with van der Waals surface area (Å²) in [4.78, 5) is 25.9. The highest BCUT2D eigenvalue weighted by atomic mass is 79.9. The van der Waals surface area contributed by atoms with Gasteiger partial charge >= 0.3 is 0 Å². The van der Waals surface area contributed by atoms with E-state index in [4.69, 9.17) is 4.74 Å². The summed E-state index contributed by atoms with van der Waals surface area (Å²) in [5.74, 6) is 0.434. The molecule has 1 aliphatic heterocycles. The average Bonchev–Trinajstić information content (AvgIpc) is 2.59. The molecule has 1 aromatic carbocycles. The zero-order valence-corrected chi connectivity index (χ0v) is 15.0. The van der Waals surface area contributed by atoms with Crippen LogP contribution in [0.2, 0.25) is 0 Å². The predicted octanol–water partition coefficient (Wildman–Crippen LogP) is 2.85. The first-order valence-electron chi connectivity index (χ1n) is 6.61. The molecular weight excluding hydrogens is 404 g/mol. The SMILES string of the molecule is CCC1NC(=O)CCN(c2cc(OC)c(Br)cc2Br)C1=O. The van der Waals surface area contributed by atoms with Crippen molar-refractivity contribution in [1.29, 1.82) is 0 Å². The summed E-state index contributed by atoms with van der Waals surface area (Å²) in [7, 11) is 1.57. The van der Waals surface area contributed by atoms with Gasteiger partial charge in [-0.2, -0.15) is 0 Å². The highest BCUT2D eigenvalue weighted by Crippen LogP contribution is 2.37. The molecular formula is C14H16Br2N2O3. The maximum atomic E-state index is 12.6. The molecule has 1 aliphatic rings. The predicted molar refractivity (Wildman–Crippen MR) is 87.6 cm³/mol. The number of halogens is 2. The Balaban J connectivity index is 2.43. The molecule has 2 rings (SSSR count). The number of hydrogen-bond acceptors (Lipinski definition) is 3. The Morgan fingerprint density at radius 3 is 2.67 bits per heavy atom. The summed E-state index contributed by atoms with van der Waals surface area (Å²) in [5, 5.41) is 2.75. The van der Waals surface area contributed by atoms with Crippen LogP contribution in [0.25, 0.3) is 0 Å². The van der Waals surface area contributed by atoms with E-state index in [1.54, 1.807) is 18.1 Å². The molecule has 21 heavy (non-hydrogen) atoms. The second kappa shape index (κ2) is 6.79. The number of nitrogens with one attached hydrogen (secondary N) is 1. The third-order valence-corrected chi connectivity index (χ3v) is 4.64. The number of rotatable bonds is 3. The van der Waals surface area contributed by atoms with Crippen LogP contribution in [0.5, 0.6) is 5.75 Å². The van der Waals surface area contributed by atoms with Gasteiger partial charge in [-0.05, 0) is 44.3 Å². The largest absolute Gasteiger partial charge is 0.495 e. The first-order chi connectivity index (χ1) is 9.97. The molecule has 114 valence electrons. The number of anilines is 1. The molecule has 1 unspecified atom stereocenters. The summed E-state index contributed by atoms with van der Waals surface area (Å²) in [5.41, 5.74) is 0.704. The van der Waals surface area contributed by atoms with Gasteiger partial charge in [-0.3, -0.25) is 9.59 Å². The molecule has 1 fully saturated rings. The Kier molecular flexibility index (Phi) is 5.27. The topological polar surface area (TPSA) is 58.6 Å². The summed E-state index contributed by atoms with van der Waals surface area (Å²) >= 11 is 6.88. The van der Waals surface area contributed by atoms with Crippen LogP contribution in [0.3, 0.4) is 0 Å². The molecule has 0 aromatic heterocycles. The van der Waals surface area contributed by atoms with Crippen LogP contribution in [0.15, 0.2) is 21.1 Å². The lowest BCUT2D eigenvalue weighted by molar-refractivity contribution is -0.125. The standard InChI is InChI=1S/C14H16Br2N2O3/c1-3-10-14(20)18(5-4-13(19)17-10)11-7-12(21-2)9(16)6-8(11)15/h6-7,10H,3-5H2,1-2H3,(H,17,19). The zero-order valence-electron chi connectivity index (χ0n) is 11.8. The van der Waals surface area contributed by atoms with E-state index in [9.17, 15) is 9.59 Å². The molecule has 5 nitrogen and oxygen atoms in total. The monoisotopic (exact) mass is 418 g/mol. The molecule has 1 N–H and O–H groups in total. The normalized spacial score (nSPS) is 19.2. The molecule has 0 spiro atoms. The minimum absolute atomic E-state index is 0.0992. The number of carbonyl (C=O) groups is 2. The smallest absolute Gasteiger partial charge is 0.249 e. The molecule has 1 aromatic rings. The fourth-order valence-electron chi connectivity index (χ4n) is 2.24. The van der Waals surface area contributed by atoms with Crippen LogP contribution in [-0.4, -0.2) is 31.5 Å². The number of amides is 2. The van der Waals surface area contributed by atoms with E-state index in [2.05, 4.69) is 37.2 Å². The van der Waals surface area contributed by atoms with Gasteiger partial charge in [-0.25, -0.2) is 0 Å².